The van der Waals surface area contributed by atoms with Crippen molar-refractivity contribution < 1.29 is 24.0 Å². The first-order valence-electron chi connectivity index (χ1n) is 11.2. The molecule has 0 bridgehead atoms. The second-order valence-electron chi connectivity index (χ2n) is 8.21. The number of esters is 1. The molecule has 182 valence electrons. The van der Waals surface area contributed by atoms with Gasteiger partial charge in [-0.05, 0) is 50.6 Å². The Bertz CT molecular complexity index is 1340. The highest BCUT2D eigenvalue weighted by atomic mass is 32.1. The predicted molar refractivity (Wildman–Crippen MR) is 126 cm³/mol. The molecule has 0 saturated carbocycles. The number of nitro groups is 1. The van der Waals surface area contributed by atoms with Gasteiger partial charge in [0.15, 0.2) is 5.76 Å². The number of benzene rings is 1. The van der Waals surface area contributed by atoms with Crippen molar-refractivity contribution in [3.63, 3.8) is 0 Å². The average molecular weight is 498 g/mol. The SMILES string of the molecule is CCOC(=O)C1CCN([C@@H](c2ccc([N+](=O)[O-])cc2)c2sc3nc(-c4ccco4)nn3c2O)CC1. The maximum Gasteiger partial charge on any atom is 0.309 e. The Labute approximate surface area is 203 Å². The van der Waals surface area contributed by atoms with Gasteiger partial charge in [-0.3, -0.25) is 19.8 Å². The lowest BCUT2D eigenvalue weighted by molar-refractivity contribution is -0.384. The predicted octanol–water partition coefficient (Wildman–Crippen LogP) is 4.03. The molecule has 0 unspecified atom stereocenters. The molecule has 0 amide bonds. The minimum absolute atomic E-state index is 0.0107. The highest BCUT2D eigenvalue weighted by Gasteiger charge is 2.34. The van der Waals surface area contributed by atoms with Crippen LogP contribution < -0.4 is 0 Å². The molecule has 1 N–H and O–H groups in total. The Hall–Kier alpha value is -3.77. The summed E-state index contributed by atoms with van der Waals surface area (Å²) in [5.74, 6) is 0.452. The summed E-state index contributed by atoms with van der Waals surface area (Å²) in [4.78, 5) is 30.7. The van der Waals surface area contributed by atoms with E-state index in [1.54, 1.807) is 31.2 Å². The van der Waals surface area contributed by atoms with E-state index < -0.39 is 4.92 Å². The largest absolute Gasteiger partial charge is 0.492 e. The third kappa shape index (κ3) is 4.37. The van der Waals surface area contributed by atoms with Crippen LogP contribution in [0.1, 0.15) is 36.2 Å². The van der Waals surface area contributed by atoms with Gasteiger partial charge in [-0.15, -0.1) is 5.10 Å². The zero-order valence-electron chi connectivity index (χ0n) is 18.9. The van der Waals surface area contributed by atoms with E-state index in [-0.39, 0.29) is 29.5 Å². The Balaban J connectivity index is 1.49. The molecule has 4 aromatic rings. The monoisotopic (exact) mass is 497 g/mol. The summed E-state index contributed by atoms with van der Waals surface area (Å²) < 4.78 is 11.9. The van der Waals surface area contributed by atoms with E-state index in [0.29, 0.717) is 54.0 Å². The van der Waals surface area contributed by atoms with E-state index in [9.17, 15) is 20.0 Å². The zero-order valence-corrected chi connectivity index (χ0v) is 19.7. The first kappa shape index (κ1) is 23.0. The van der Waals surface area contributed by atoms with Crippen LogP contribution in [-0.2, 0) is 9.53 Å². The Morgan fingerprint density at radius 2 is 2.06 bits per heavy atom. The van der Waals surface area contributed by atoms with Crippen LogP contribution in [0.15, 0.2) is 47.1 Å². The molecule has 1 atom stereocenters. The number of likely N-dealkylation sites (tertiary alicyclic amines) is 1. The fraction of sp³-hybridized carbons (Fsp3) is 0.348. The summed E-state index contributed by atoms with van der Waals surface area (Å²) in [6, 6.07) is 9.39. The summed E-state index contributed by atoms with van der Waals surface area (Å²) in [6.45, 7) is 3.32. The first-order valence-corrected chi connectivity index (χ1v) is 12.0. The molecular formula is C23H23N5O6S. The number of ether oxygens (including phenoxy) is 1. The van der Waals surface area contributed by atoms with Crippen LogP contribution in [0.3, 0.4) is 0 Å². The molecule has 1 aliphatic rings. The van der Waals surface area contributed by atoms with Crippen LogP contribution in [0.4, 0.5) is 5.69 Å². The van der Waals surface area contributed by atoms with Crippen molar-refractivity contribution >= 4 is 28.0 Å². The van der Waals surface area contributed by atoms with Crippen molar-refractivity contribution in [2.75, 3.05) is 19.7 Å². The number of nitrogens with zero attached hydrogens (tertiary/aromatic N) is 5. The number of carbonyl (C=O) groups excluding carboxylic acids is 1. The Kier molecular flexibility index (Phi) is 6.22. The molecule has 1 aliphatic heterocycles. The molecule has 12 heteroatoms. The van der Waals surface area contributed by atoms with Crippen molar-refractivity contribution in [1.29, 1.82) is 0 Å². The first-order chi connectivity index (χ1) is 17.0. The Morgan fingerprint density at radius 1 is 1.31 bits per heavy atom. The lowest BCUT2D eigenvalue weighted by atomic mass is 9.93. The quantitative estimate of drug-likeness (QED) is 0.228. The zero-order chi connectivity index (χ0) is 24.5. The molecule has 35 heavy (non-hydrogen) atoms. The molecule has 0 aliphatic carbocycles. The normalized spacial score (nSPS) is 15.9. The summed E-state index contributed by atoms with van der Waals surface area (Å²) in [7, 11) is 0. The van der Waals surface area contributed by atoms with Gasteiger partial charge in [-0.1, -0.05) is 23.5 Å². The maximum atomic E-state index is 12.2. The summed E-state index contributed by atoms with van der Waals surface area (Å²) in [6.07, 6.45) is 2.76. The molecule has 4 heterocycles. The van der Waals surface area contributed by atoms with E-state index in [2.05, 4.69) is 15.0 Å². The second-order valence-corrected chi connectivity index (χ2v) is 9.22. The minimum atomic E-state index is -0.444. The fourth-order valence-electron chi connectivity index (χ4n) is 4.40. The van der Waals surface area contributed by atoms with E-state index in [1.165, 1.54) is 34.2 Å². The van der Waals surface area contributed by atoms with Crippen molar-refractivity contribution in [2.45, 2.75) is 25.8 Å². The van der Waals surface area contributed by atoms with E-state index in [1.807, 2.05) is 0 Å². The Morgan fingerprint density at radius 3 is 2.66 bits per heavy atom. The third-order valence-corrected chi connectivity index (χ3v) is 7.20. The number of fused-ring (bicyclic) bond motifs is 1. The number of aromatic hydroxyl groups is 1. The molecule has 11 nitrogen and oxygen atoms in total. The number of furan rings is 1. The van der Waals surface area contributed by atoms with Crippen LogP contribution in [0.25, 0.3) is 16.5 Å². The molecule has 0 radical (unpaired) electrons. The van der Waals surface area contributed by atoms with Gasteiger partial charge in [0.25, 0.3) is 5.69 Å². The van der Waals surface area contributed by atoms with Crippen LogP contribution in [0.5, 0.6) is 5.88 Å². The van der Waals surface area contributed by atoms with Gasteiger partial charge in [-0.2, -0.15) is 9.50 Å². The van der Waals surface area contributed by atoms with Crippen LogP contribution >= 0.6 is 11.3 Å². The van der Waals surface area contributed by atoms with Gasteiger partial charge in [-0.25, -0.2) is 0 Å². The van der Waals surface area contributed by atoms with E-state index in [0.717, 1.165) is 5.56 Å². The number of hydrogen-bond acceptors (Lipinski definition) is 10. The smallest absolute Gasteiger partial charge is 0.309 e. The highest BCUT2D eigenvalue weighted by molar-refractivity contribution is 7.17. The van der Waals surface area contributed by atoms with Gasteiger partial charge < -0.3 is 14.3 Å². The molecule has 0 spiro atoms. The van der Waals surface area contributed by atoms with Gasteiger partial charge in [0.05, 0.1) is 34.6 Å². The molecular weight excluding hydrogens is 474 g/mol. The molecule has 5 rings (SSSR count). The van der Waals surface area contributed by atoms with Gasteiger partial charge >= 0.3 is 5.97 Å². The van der Waals surface area contributed by atoms with Crippen molar-refractivity contribution in [1.82, 2.24) is 19.5 Å². The number of aromatic nitrogens is 3. The van der Waals surface area contributed by atoms with Gasteiger partial charge in [0, 0.05) is 12.1 Å². The summed E-state index contributed by atoms with van der Waals surface area (Å²) in [5, 5.41) is 26.7. The van der Waals surface area contributed by atoms with Crippen molar-refractivity contribution in [2.24, 2.45) is 5.92 Å². The number of piperidine rings is 1. The fourth-order valence-corrected chi connectivity index (χ4v) is 5.52. The third-order valence-electron chi connectivity index (χ3n) is 6.12. The second kappa shape index (κ2) is 9.47. The van der Waals surface area contributed by atoms with Gasteiger partial charge in [0.1, 0.15) is 0 Å². The minimum Gasteiger partial charge on any atom is -0.492 e. The number of nitro benzene ring substituents is 1. The van der Waals surface area contributed by atoms with E-state index >= 15 is 0 Å². The maximum absolute atomic E-state index is 12.2. The number of hydrogen-bond donors (Lipinski definition) is 1. The number of rotatable bonds is 7. The van der Waals surface area contributed by atoms with Crippen LogP contribution in [0.2, 0.25) is 0 Å². The van der Waals surface area contributed by atoms with E-state index in [4.69, 9.17) is 9.15 Å². The van der Waals surface area contributed by atoms with Crippen LogP contribution in [0, 0.1) is 16.0 Å². The molecule has 3 aromatic heterocycles. The van der Waals surface area contributed by atoms with Crippen LogP contribution in [-0.4, -0.2) is 55.2 Å². The number of thiazole rings is 1. The van der Waals surface area contributed by atoms with Gasteiger partial charge in [0.2, 0.25) is 16.7 Å². The highest BCUT2D eigenvalue weighted by Crippen LogP contribution is 2.42. The number of non-ortho nitro benzene ring substituents is 1. The topological polar surface area (TPSA) is 136 Å². The van der Waals surface area contributed by atoms with Crippen molar-refractivity contribution in [3.8, 4) is 17.5 Å². The standard InChI is InChI=1S/C23H23N5O6S/c1-2-33-22(30)15-9-11-26(12-10-15)18(14-5-7-16(8-6-14)28(31)32)19-21(29)27-23(35-19)24-20(25-27)17-4-3-13-34-17/h3-8,13,15,18,29H,2,9-12H2,1H3/t18-/m0/s1. The summed E-state index contributed by atoms with van der Waals surface area (Å²) in [5.41, 5.74) is 0.778. The summed E-state index contributed by atoms with van der Waals surface area (Å²) >= 11 is 1.29. The molecule has 1 saturated heterocycles. The molecule has 1 fully saturated rings. The molecule has 1 aromatic carbocycles. The lowest BCUT2D eigenvalue weighted by Gasteiger charge is -2.36. The average Bonchev–Trinajstić information content (AvgIpc) is 3.59. The number of carbonyl (C=O) groups is 1. The lowest BCUT2D eigenvalue weighted by Crippen LogP contribution is -2.39. The van der Waals surface area contributed by atoms with Crippen molar-refractivity contribution in [3.05, 3.63) is 63.2 Å².